The maximum atomic E-state index is 11.1. The van der Waals surface area contributed by atoms with Gasteiger partial charge in [0.1, 0.15) is 0 Å². The lowest BCUT2D eigenvalue weighted by molar-refractivity contribution is -0.141. The van der Waals surface area contributed by atoms with E-state index in [0.717, 1.165) is 31.5 Å². The highest BCUT2D eigenvalue weighted by molar-refractivity contribution is 5.71. The van der Waals surface area contributed by atoms with Crippen LogP contribution in [0.4, 0.5) is 0 Å². The van der Waals surface area contributed by atoms with E-state index in [-0.39, 0.29) is 5.97 Å². The summed E-state index contributed by atoms with van der Waals surface area (Å²) in [6, 6.07) is 0. The molecule has 0 unspecified atom stereocenters. The first-order chi connectivity index (χ1) is 6.63. The molecule has 0 N–H and O–H groups in total. The zero-order valence-electron chi connectivity index (χ0n) is 9.51. The van der Waals surface area contributed by atoms with Gasteiger partial charge in [-0.1, -0.05) is 26.0 Å². The van der Waals surface area contributed by atoms with Crippen LogP contribution in [0.3, 0.4) is 0 Å². The predicted octanol–water partition coefficient (Wildman–Crippen LogP) is 1.84. The molecule has 0 aliphatic rings. The molecule has 0 aromatic rings. The second-order valence-corrected chi connectivity index (χ2v) is 3.39. The molecule has 0 fully saturated rings. The van der Waals surface area contributed by atoms with Crippen LogP contribution in [0.5, 0.6) is 0 Å². The number of carbonyl (C=O) groups is 1. The number of hydrogen-bond acceptors (Lipinski definition) is 3. The zero-order valence-corrected chi connectivity index (χ0v) is 9.51. The average molecular weight is 199 g/mol. The Bertz CT molecular complexity index is 172. The van der Waals surface area contributed by atoms with Crippen molar-refractivity contribution >= 4 is 5.97 Å². The molecular weight excluding hydrogens is 178 g/mol. The number of rotatable bonds is 7. The van der Waals surface area contributed by atoms with E-state index in [1.165, 1.54) is 7.11 Å². The molecule has 0 amide bonds. The summed E-state index contributed by atoms with van der Waals surface area (Å²) in [5, 5.41) is 0. The second kappa shape index (κ2) is 7.56. The van der Waals surface area contributed by atoms with Crippen LogP contribution in [0.25, 0.3) is 0 Å². The van der Waals surface area contributed by atoms with Crippen LogP contribution in [-0.4, -0.2) is 37.6 Å². The van der Waals surface area contributed by atoms with Gasteiger partial charge < -0.3 is 4.74 Å². The Morgan fingerprint density at radius 2 is 2.00 bits per heavy atom. The standard InChI is InChI=1S/C11H21NO2/c1-5-7-12(8-10(3)6-2)9-11(13)14-4/h3,5-9H2,1-2,4H3. The van der Waals surface area contributed by atoms with Gasteiger partial charge in [0.25, 0.3) is 0 Å². The lowest BCUT2D eigenvalue weighted by atomic mass is 10.2. The minimum atomic E-state index is -0.178. The minimum absolute atomic E-state index is 0.178. The number of esters is 1. The number of carbonyl (C=O) groups excluding carboxylic acids is 1. The predicted molar refractivity (Wildman–Crippen MR) is 58.2 cm³/mol. The van der Waals surface area contributed by atoms with Crippen molar-refractivity contribution in [2.45, 2.75) is 26.7 Å². The topological polar surface area (TPSA) is 29.5 Å². The van der Waals surface area contributed by atoms with E-state index in [1.54, 1.807) is 0 Å². The lowest BCUT2D eigenvalue weighted by Crippen LogP contribution is -2.32. The highest BCUT2D eigenvalue weighted by atomic mass is 16.5. The highest BCUT2D eigenvalue weighted by Crippen LogP contribution is 2.02. The molecule has 0 aromatic carbocycles. The van der Waals surface area contributed by atoms with Gasteiger partial charge in [-0.15, -0.1) is 0 Å². The van der Waals surface area contributed by atoms with Gasteiger partial charge in [-0.25, -0.2) is 0 Å². The van der Waals surface area contributed by atoms with Crippen LogP contribution in [0.1, 0.15) is 26.7 Å². The number of nitrogens with zero attached hydrogens (tertiary/aromatic N) is 1. The molecule has 0 saturated carbocycles. The third kappa shape index (κ3) is 5.75. The SMILES string of the molecule is C=C(CC)CN(CCC)CC(=O)OC. The molecule has 0 aliphatic carbocycles. The van der Waals surface area contributed by atoms with Crippen LogP contribution in [0.2, 0.25) is 0 Å². The molecule has 0 heterocycles. The van der Waals surface area contributed by atoms with E-state index in [4.69, 9.17) is 0 Å². The van der Waals surface area contributed by atoms with Crippen molar-refractivity contribution in [3.05, 3.63) is 12.2 Å². The Kier molecular flexibility index (Phi) is 7.11. The summed E-state index contributed by atoms with van der Waals surface area (Å²) in [5.74, 6) is -0.178. The molecule has 0 radical (unpaired) electrons. The van der Waals surface area contributed by atoms with Crippen LogP contribution in [0, 0.1) is 0 Å². The Labute approximate surface area is 86.7 Å². The van der Waals surface area contributed by atoms with E-state index in [1.807, 2.05) is 0 Å². The Morgan fingerprint density at radius 1 is 1.36 bits per heavy atom. The van der Waals surface area contributed by atoms with Gasteiger partial charge >= 0.3 is 5.97 Å². The molecule has 0 spiro atoms. The number of methoxy groups -OCH3 is 1. The Morgan fingerprint density at radius 3 is 2.43 bits per heavy atom. The maximum Gasteiger partial charge on any atom is 0.319 e. The first kappa shape index (κ1) is 13.2. The fourth-order valence-corrected chi connectivity index (χ4v) is 1.21. The molecule has 82 valence electrons. The Balaban J connectivity index is 4.00. The summed E-state index contributed by atoms with van der Waals surface area (Å²) in [4.78, 5) is 13.1. The fraction of sp³-hybridized carbons (Fsp3) is 0.727. The van der Waals surface area contributed by atoms with E-state index in [9.17, 15) is 4.79 Å². The first-order valence-electron chi connectivity index (χ1n) is 5.09. The monoisotopic (exact) mass is 199 g/mol. The van der Waals surface area contributed by atoms with E-state index >= 15 is 0 Å². The molecule has 0 rings (SSSR count). The summed E-state index contributed by atoms with van der Waals surface area (Å²) < 4.78 is 4.63. The van der Waals surface area contributed by atoms with Crippen LogP contribution in [0.15, 0.2) is 12.2 Å². The molecule has 0 atom stereocenters. The van der Waals surface area contributed by atoms with Crippen molar-refractivity contribution in [1.29, 1.82) is 0 Å². The largest absolute Gasteiger partial charge is 0.468 e. The molecular formula is C11H21NO2. The normalized spacial score (nSPS) is 10.3. The summed E-state index contributed by atoms with van der Waals surface area (Å²) in [7, 11) is 1.42. The summed E-state index contributed by atoms with van der Waals surface area (Å²) in [6.07, 6.45) is 2.00. The van der Waals surface area contributed by atoms with E-state index in [2.05, 4.69) is 30.1 Å². The third-order valence-corrected chi connectivity index (χ3v) is 2.07. The van der Waals surface area contributed by atoms with Gasteiger partial charge in [-0.2, -0.15) is 0 Å². The van der Waals surface area contributed by atoms with E-state index < -0.39 is 0 Å². The molecule has 0 aromatic heterocycles. The average Bonchev–Trinajstić information content (AvgIpc) is 2.17. The third-order valence-electron chi connectivity index (χ3n) is 2.07. The van der Waals surface area contributed by atoms with Gasteiger partial charge in [0.15, 0.2) is 0 Å². The van der Waals surface area contributed by atoms with Crippen molar-refractivity contribution in [1.82, 2.24) is 4.90 Å². The molecule has 0 aliphatic heterocycles. The van der Waals surface area contributed by atoms with Gasteiger partial charge in [0, 0.05) is 6.54 Å². The molecule has 0 saturated heterocycles. The molecule has 3 heteroatoms. The van der Waals surface area contributed by atoms with Gasteiger partial charge in [-0.3, -0.25) is 9.69 Å². The first-order valence-corrected chi connectivity index (χ1v) is 5.09. The maximum absolute atomic E-state index is 11.1. The summed E-state index contributed by atoms with van der Waals surface area (Å²) in [5.41, 5.74) is 1.15. The Hall–Kier alpha value is -0.830. The van der Waals surface area contributed by atoms with Crippen molar-refractivity contribution in [2.75, 3.05) is 26.7 Å². The van der Waals surface area contributed by atoms with Crippen molar-refractivity contribution in [3.63, 3.8) is 0 Å². The molecule has 0 bridgehead atoms. The summed E-state index contributed by atoms with van der Waals surface area (Å²) in [6.45, 7) is 10.2. The van der Waals surface area contributed by atoms with E-state index in [0.29, 0.717) is 6.54 Å². The van der Waals surface area contributed by atoms with Crippen molar-refractivity contribution in [3.8, 4) is 0 Å². The molecule has 14 heavy (non-hydrogen) atoms. The molecule has 3 nitrogen and oxygen atoms in total. The fourth-order valence-electron chi connectivity index (χ4n) is 1.21. The van der Waals surface area contributed by atoms with Crippen LogP contribution in [-0.2, 0) is 9.53 Å². The van der Waals surface area contributed by atoms with Crippen LogP contribution >= 0.6 is 0 Å². The van der Waals surface area contributed by atoms with Gasteiger partial charge in [-0.05, 0) is 19.4 Å². The number of ether oxygens (including phenoxy) is 1. The zero-order chi connectivity index (χ0) is 11.0. The quantitative estimate of drug-likeness (QED) is 0.463. The lowest BCUT2D eigenvalue weighted by Gasteiger charge is -2.20. The number of hydrogen-bond donors (Lipinski definition) is 0. The minimum Gasteiger partial charge on any atom is -0.468 e. The smallest absolute Gasteiger partial charge is 0.319 e. The highest BCUT2D eigenvalue weighted by Gasteiger charge is 2.10. The van der Waals surface area contributed by atoms with Crippen molar-refractivity contribution < 1.29 is 9.53 Å². The van der Waals surface area contributed by atoms with Crippen LogP contribution < -0.4 is 0 Å². The van der Waals surface area contributed by atoms with Crippen molar-refractivity contribution in [2.24, 2.45) is 0 Å². The summed E-state index contributed by atoms with van der Waals surface area (Å²) >= 11 is 0. The van der Waals surface area contributed by atoms with Gasteiger partial charge in [0.2, 0.25) is 0 Å². The van der Waals surface area contributed by atoms with Gasteiger partial charge in [0.05, 0.1) is 13.7 Å². The second-order valence-electron chi connectivity index (χ2n) is 3.39.